The van der Waals surface area contributed by atoms with Crippen molar-refractivity contribution < 1.29 is 18.8 Å². The summed E-state index contributed by atoms with van der Waals surface area (Å²) in [5.41, 5.74) is 1.80. The molecule has 0 bridgehead atoms. The van der Waals surface area contributed by atoms with Gasteiger partial charge < -0.3 is 24.2 Å². The molecule has 1 N–H and O–H groups in total. The molecule has 0 saturated carbocycles. The third-order valence-electron chi connectivity index (χ3n) is 5.47. The van der Waals surface area contributed by atoms with Crippen molar-refractivity contribution in [1.29, 1.82) is 0 Å². The van der Waals surface area contributed by atoms with Crippen LogP contribution >= 0.6 is 0 Å². The van der Waals surface area contributed by atoms with Crippen molar-refractivity contribution in [2.24, 2.45) is 5.92 Å². The Kier molecular flexibility index (Phi) is 6.35. The Labute approximate surface area is 181 Å². The zero-order valence-electron chi connectivity index (χ0n) is 17.7. The summed E-state index contributed by atoms with van der Waals surface area (Å²) in [6.45, 7) is 1.75. The third-order valence-corrected chi connectivity index (χ3v) is 5.47. The van der Waals surface area contributed by atoms with E-state index >= 15 is 0 Å². The summed E-state index contributed by atoms with van der Waals surface area (Å²) in [6, 6.07) is 15.6. The molecule has 31 heavy (non-hydrogen) atoms. The number of carbonyl (C=O) groups is 1. The summed E-state index contributed by atoms with van der Waals surface area (Å²) < 4.78 is 16.0. The van der Waals surface area contributed by atoms with Gasteiger partial charge in [0.1, 0.15) is 11.5 Å². The average Bonchev–Trinajstić information content (AvgIpc) is 3.33. The lowest BCUT2D eigenvalue weighted by molar-refractivity contribution is -0.125. The first-order valence-electron chi connectivity index (χ1n) is 10.3. The number of para-hydroxylation sites is 1. The van der Waals surface area contributed by atoms with Gasteiger partial charge in [-0.1, -0.05) is 23.4 Å². The quantitative estimate of drug-likeness (QED) is 0.625. The molecule has 4 rings (SSSR count). The van der Waals surface area contributed by atoms with Gasteiger partial charge >= 0.3 is 6.01 Å². The number of amides is 1. The van der Waals surface area contributed by atoms with E-state index < -0.39 is 0 Å². The normalized spacial score (nSPS) is 16.1. The molecule has 0 spiro atoms. The Morgan fingerprint density at radius 2 is 1.97 bits per heavy atom. The number of hydrogen-bond donors (Lipinski definition) is 1. The molecular weight excluding hydrogens is 396 g/mol. The summed E-state index contributed by atoms with van der Waals surface area (Å²) in [5, 5.41) is 7.13. The van der Waals surface area contributed by atoms with Crippen LogP contribution in [0.15, 0.2) is 53.1 Å². The van der Waals surface area contributed by atoms with Crippen LogP contribution in [0.5, 0.6) is 11.5 Å². The number of nitrogens with one attached hydrogen (secondary N) is 1. The minimum Gasteiger partial charge on any atom is -0.497 e. The van der Waals surface area contributed by atoms with E-state index in [4.69, 9.17) is 14.0 Å². The van der Waals surface area contributed by atoms with E-state index in [0.29, 0.717) is 24.9 Å². The highest BCUT2D eigenvalue weighted by Crippen LogP contribution is 2.26. The van der Waals surface area contributed by atoms with E-state index in [2.05, 4.69) is 15.5 Å². The number of nitrogens with zero attached hydrogens (tertiary/aromatic N) is 3. The molecule has 0 radical (unpaired) electrons. The van der Waals surface area contributed by atoms with Crippen LogP contribution in [0.4, 0.5) is 6.01 Å². The van der Waals surface area contributed by atoms with Crippen LogP contribution in [-0.2, 0) is 11.3 Å². The zero-order chi connectivity index (χ0) is 21.6. The van der Waals surface area contributed by atoms with Gasteiger partial charge in [0, 0.05) is 30.8 Å². The molecule has 1 amide bonds. The lowest BCUT2D eigenvalue weighted by atomic mass is 9.97. The predicted molar refractivity (Wildman–Crippen MR) is 116 cm³/mol. The van der Waals surface area contributed by atoms with Gasteiger partial charge in [0.25, 0.3) is 0 Å². The van der Waals surface area contributed by atoms with Gasteiger partial charge in [0.15, 0.2) is 0 Å². The number of ether oxygens (including phenoxy) is 2. The van der Waals surface area contributed by atoms with Gasteiger partial charge in [-0.05, 0) is 43.2 Å². The second-order valence-electron chi connectivity index (χ2n) is 7.44. The van der Waals surface area contributed by atoms with Gasteiger partial charge in [-0.3, -0.25) is 4.79 Å². The fraction of sp³-hybridized carbons (Fsp3) is 0.348. The largest absolute Gasteiger partial charge is 0.497 e. The maximum Gasteiger partial charge on any atom is 0.324 e. The molecule has 8 nitrogen and oxygen atoms in total. The average molecular weight is 422 g/mol. The van der Waals surface area contributed by atoms with Crippen LogP contribution in [0.2, 0.25) is 0 Å². The predicted octanol–water partition coefficient (Wildman–Crippen LogP) is 3.29. The molecule has 1 unspecified atom stereocenters. The fourth-order valence-electron chi connectivity index (χ4n) is 3.74. The van der Waals surface area contributed by atoms with Crippen molar-refractivity contribution in [1.82, 2.24) is 15.5 Å². The van der Waals surface area contributed by atoms with Gasteiger partial charge in [-0.2, -0.15) is 4.98 Å². The molecular formula is C23H26N4O4. The minimum absolute atomic E-state index is 0.0190. The monoisotopic (exact) mass is 422 g/mol. The summed E-state index contributed by atoms with van der Waals surface area (Å²) in [7, 11) is 3.25. The van der Waals surface area contributed by atoms with E-state index in [1.165, 1.54) is 0 Å². The van der Waals surface area contributed by atoms with Crippen LogP contribution in [0.25, 0.3) is 11.4 Å². The van der Waals surface area contributed by atoms with Crippen LogP contribution < -0.4 is 19.7 Å². The highest BCUT2D eigenvalue weighted by atomic mass is 16.5. The van der Waals surface area contributed by atoms with E-state index in [0.717, 1.165) is 42.0 Å². The molecule has 1 saturated heterocycles. The lowest BCUT2D eigenvalue weighted by Gasteiger charge is -2.30. The van der Waals surface area contributed by atoms with Gasteiger partial charge in [-0.15, -0.1) is 0 Å². The number of carbonyl (C=O) groups excluding carboxylic acids is 1. The Balaban J connectivity index is 1.38. The van der Waals surface area contributed by atoms with Crippen molar-refractivity contribution in [2.75, 3.05) is 32.2 Å². The summed E-state index contributed by atoms with van der Waals surface area (Å²) in [4.78, 5) is 19.3. The van der Waals surface area contributed by atoms with E-state index in [-0.39, 0.29) is 11.8 Å². The third kappa shape index (κ3) is 4.79. The molecule has 2 heterocycles. The highest BCUT2D eigenvalue weighted by Gasteiger charge is 2.28. The molecule has 8 heteroatoms. The minimum atomic E-state index is -0.139. The Morgan fingerprint density at radius 1 is 1.16 bits per heavy atom. The first-order valence-corrected chi connectivity index (χ1v) is 10.3. The topological polar surface area (TPSA) is 89.7 Å². The van der Waals surface area contributed by atoms with Gasteiger partial charge in [-0.25, -0.2) is 0 Å². The summed E-state index contributed by atoms with van der Waals surface area (Å²) in [5.74, 6) is 1.93. The highest BCUT2D eigenvalue weighted by molar-refractivity contribution is 5.79. The zero-order valence-corrected chi connectivity index (χ0v) is 17.7. The Bertz CT molecular complexity index is 1020. The van der Waals surface area contributed by atoms with Crippen molar-refractivity contribution >= 4 is 11.9 Å². The molecule has 1 aromatic heterocycles. The second-order valence-corrected chi connectivity index (χ2v) is 7.44. The van der Waals surface area contributed by atoms with Crippen molar-refractivity contribution in [3.63, 3.8) is 0 Å². The number of piperidine rings is 1. The van der Waals surface area contributed by atoms with Crippen LogP contribution in [0.1, 0.15) is 18.4 Å². The molecule has 1 aliphatic rings. The second kappa shape index (κ2) is 9.51. The smallest absolute Gasteiger partial charge is 0.324 e. The maximum atomic E-state index is 12.8. The van der Waals surface area contributed by atoms with Crippen LogP contribution in [0, 0.1) is 5.92 Å². The lowest BCUT2D eigenvalue weighted by Crippen LogP contribution is -2.43. The first-order chi connectivity index (χ1) is 15.2. The molecule has 0 aliphatic carbocycles. The standard InChI is InChI=1S/C23H26N4O4/c1-29-19-11-9-16(10-12-19)21-25-23(31-26-21)27-13-5-7-18(15-27)22(28)24-14-17-6-3-4-8-20(17)30-2/h3-4,6,8-12,18H,5,7,13-15H2,1-2H3,(H,24,28). The van der Waals surface area contributed by atoms with Crippen molar-refractivity contribution in [2.45, 2.75) is 19.4 Å². The van der Waals surface area contributed by atoms with Crippen LogP contribution in [0.3, 0.4) is 0 Å². The molecule has 2 aromatic carbocycles. The van der Waals surface area contributed by atoms with E-state index in [1.54, 1.807) is 14.2 Å². The number of rotatable bonds is 7. The number of aromatic nitrogens is 2. The van der Waals surface area contributed by atoms with E-state index in [9.17, 15) is 4.79 Å². The SMILES string of the molecule is COc1ccc(-c2noc(N3CCCC(C(=O)NCc4ccccc4OC)C3)n2)cc1. The van der Waals surface area contributed by atoms with Crippen molar-refractivity contribution in [3.8, 4) is 22.9 Å². The van der Waals surface area contributed by atoms with Gasteiger partial charge in [0.05, 0.1) is 20.1 Å². The van der Waals surface area contributed by atoms with Gasteiger partial charge in [0.2, 0.25) is 11.7 Å². The Hall–Kier alpha value is -3.55. The van der Waals surface area contributed by atoms with Crippen LogP contribution in [-0.4, -0.2) is 43.4 Å². The fourth-order valence-corrected chi connectivity index (χ4v) is 3.74. The molecule has 3 aromatic rings. The first kappa shape index (κ1) is 20.7. The summed E-state index contributed by atoms with van der Waals surface area (Å²) in [6.07, 6.45) is 1.71. The summed E-state index contributed by atoms with van der Waals surface area (Å²) >= 11 is 0. The molecule has 1 aliphatic heterocycles. The van der Waals surface area contributed by atoms with Crippen molar-refractivity contribution in [3.05, 3.63) is 54.1 Å². The molecule has 1 atom stereocenters. The molecule has 162 valence electrons. The molecule has 1 fully saturated rings. The maximum absolute atomic E-state index is 12.8. The number of benzene rings is 2. The number of methoxy groups -OCH3 is 2. The Morgan fingerprint density at radius 3 is 2.74 bits per heavy atom. The number of hydrogen-bond acceptors (Lipinski definition) is 7. The number of anilines is 1. The van der Waals surface area contributed by atoms with E-state index in [1.807, 2.05) is 53.4 Å².